The van der Waals surface area contributed by atoms with Crippen LogP contribution in [0.15, 0.2) is 30.5 Å². The molecule has 1 saturated heterocycles. The molecule has 2 aromatic rings. The SMILES string of the molecule is COc1ccc(Nc2nccc(N3CCC(C(=O)O)CC3)n2)cc1OC. The molecule has 3 rings (SSSR count). The van der Waals surface area contributed by atoms with Crippen LogP contribution in [-0.4, -0.2) is 48.4 Å². The van der Waals surface area contributed by atoms with Crippen LogP contribution >= 0.6 is 0 Å². The predicted molar refractivity (Wildman–Crippen MR) is 97.4 cm³/mol. The van der Waals surface area contributed by atoms with E-state index in [9.17, 15) is 4.79 Å². The molecule has 0 amide bonds. The van der Waals surface area contributed by atoms with Crippen LogP contribution in [0.2, 0.25) is 0 Å². The highest BCUT2D eigenvalue weighted by Gasteiger charge is 2.25. The van der Waals surface area contributed by atoms with Crippen LogP contribution in [-0.2, 0) is 4.79 Å². The van der Waals surface area contributed by atoms with Crippen LogP contribution in [0.3, 0.4) is 0 Å². The van der Waals surface area contributed by atoms with E-state index in [2.05, 4.69) is 20.2 Å². The van der Waals surface area contributed by atoms with Crippen LogP contribution in [0.25, 0.3) is 0 Å². The van der Waals surface area contributed by atoms with E-state index in [4.69, 9.17) is 14.6 Å². The summed E-state index contributed by atoms with van der Waals surface area (Å²) in [6.07, 6.45) is 2.93. The van der Waals surface area contributed by atoms with Crippen LogP contribution in [0, 0.1) is 5.92 Å². The van der Waals surface area contributed by atoms with E-state index in [-0.39, 0.29) is 5.92 Å². The molecule has 0 aliphatic carbocycles. The second-order valence-electron chi connectivity index (χ2n) is 6.03. The molecule has 1 aliphatic heterocycles. The van der Waals surface area contributed by atoms with Gasteiger partial charge in [-0.3, -0.25) is 4.79 Å². The first-order valence-corrected chi connectivity index (χ1v) is 8.40. The molecule has 0 atom stereocenters. The Bertz CT molecular complexity index is 776. The van der Waals surface area contributed by atoms with Gasteiger partial charge in [0, 0.05) is 31.0 Å². The average Bonchev–Trinajstić information content (AvgIpc) is 2.68. The zero-order chi connectivity index (χ0) is 18.5. The van der Waals surface area contributed by atoms with E-state index in [1.165, 1.54) is 0 Å². The quantitative estimate of drug-likeness (QED) is 0.813. The number of rotatable bonds is 6. The van der Waals surface area contributed by atoms with E-state index in [1.54, 1.807) is 20.4 Å². The van der Waals surface area contributed by atoms with Crippen molar-refractivity contribution in [1.82, 2.24) is 9.97 Å². The number of benzene rings is 1. The van der Waals surface area contributed by atoms with Crippen LogP contribution < -0.4 is 19.7 Å². The lowest BCUT2D eigenvalue weighted by Crippen LogP contribution is -2.36. The number of carboxylic acid groups (broad SMARTS) is 1. The predicted octanol–water partition coefficient (Wildman–Crippen LogP) is 2.54. The van der Waals surface area contributed by atoms with Crippen molar-refractivity contribution in [3.8, 4) is 11.5 Å². The van der Waals surface area contributed by atoms with Gasteiger partial charge in [-0.1, -0.05) is 0 Å². The number of hydrogen-bond acceptors (Lipinski definition) is 7. The first-order chi connectivity index (χ1) is 12.6. The summed E-state index contributed by atoms with van der Waals surface area (Å²) < 4.78 is 10.5. The first kappa shape index (κ1) is 17.8. The summed E-state index contributed by atoms with van der Waals surface area (Å²) in [5, 5.41) is 12.3. The highest BCUT2D eigenvalue weighted by Crippen LogP contribution is 2.31. The number of aromatic nitrogens is 2. The van der Waals surface area contributed by atoms with Gasteiger partial charge in [-0.25, -0.2) is 4.98 Å². The van der Waals surface area contributed by atoms with Crippen molar-refractivity contribution in [2.45, 2.75) is 12.8 Å². The summed E-state index contributed by atoms with van der Waals surface area (Å²) in [5.74, 6) is 1.53. The highest BCUT2D eigenvalue weighted by atomic mass is 16.5. The fourth-order valence-corrected chi connectivity index (χ4v) is 2.98. The van der Waals surface area contributed by atoms with Crippen molar-refractivity contribution < 1.29 is 19.4 Å². The monoisotopic (exact) mass is 358 g/mol. The van der Waals surface area contributed by atoms with Crippen molar-refractivity contribution in [2.75, 3.05) is 37.5 Å². The maximum Gasteiger partial charge on any atom is 0.306 e. The molecule has 2 heterocycles. The zero-order valence-corrected chi connectivity index (χ0v) is 14.8. The lowest BCUT2D eigenvalue weighted by atomic mass is 9.97. The van der Waals surface area contributed by atoms with Crippen molar-refractivity contribution in [3.05, 3.63) is 30.5 Å². The van der Waals surface area contributed by atoms with Gasteiger partial charge in [0.2, 0.25) is 5.95 Å². The molecule has 138 valence electrons. The molecule has 0 saturated carbocycles. The first-order valence-electron chi connectivity index (χ1n) is 8.40. The molecule has 2 N–H and O–H groups in total. The Morgan fingerprint density at radius 1 is 1.19 bits per heavy atom. The second kappa shape index (κ2) is 7.90. The van der Waals surface area contributed by atoms with Crippen molar-refractivity contribution >= 4 is 23.4 Å². The molecule has 1 fully saturated rings. The van der Waals surface area contributed by atoms with Gasteiger partial charge in [-0.15, -0.1) is 0 Å². The summed E-state index contributed by atoms with van der Waals surface area (Å²) in [6, 6.07) is 7.31. The molecule has 1 aromatic heterocycles. The third kappa shape index (κ3) is 3.96. The molecular weight excluding hydrogens is 336 g/mol. The number of anilines is 3. The molecule has 0 bridgehead atoms. The van der Waals surface area contributed by atoms with Gasteiger partial charge in [0.25, 0.3) is 0 Å². The van der Waals surface area contributed by atoms with Gasteiger partial charge < -0.3 is 24.8 Å². The molecule has 8 heteroatoms. The van der Waals surface area contributed by atoms with Crippen LogP contribution in [0.5, 0.6) is 11.5 Å². The lowest BCUT2D eigenvalue weighted by molar-refractivity contribution is -0.142. The second-order valence-corrected chi connectivity index (χ2v) is 6.03. The number of hydrogen-bond donors (Lipinski definition) is 2. The standard InChI is InChI=1S/C18H22N4O4/c1-25-14-4-3-13(11-15(14)26-2)20-18-19-8-5-16(21-18)22-9-6-12(7-10-22)17(23)24/h3-5,8,11-12H,6-7,9-10H2,1-2H3,(H,23,24)(H,19,20,21). The van der Waals surface area contributed by atoms with Gasteiger partial charge in [0.05, 0.1) is 20.1 Å². The Kier molecular flexibility index (Phi) is 5.40. The maximum atomic E-state index is 11.1. The molecular formula is C18H22N4O4. The number of carbonyl (C=O) groups is 1. The minimum absolute atomic E-state index is 0.266. The Morgan fingerprint density at radius 2 is 1.92 bits per heavy atom. The Labute approximate surface area is 151 Å². The summed E-state index contributed by atoms with van der Waals surface area (Å²) in [6.45, 7) is 1.34. The third-order valence-electron chi connectivity index (χ3n) is 4.45. The van der Waals surface area contributed by atoms with E-state index in [0.29, 0.717) is 43.4 Å². The average molecular weight is 358 g/mol. The molecule has 0 radical (unpaired) electrons. The summed E-state index contributed by atoms with van der Waals surface area (Å²) in [4.78, 5) is 22.0. The van der Waals surface area contributed by atoms with Gasteiger partial charge in [-0.05, 0) is 31.0 Å². The number of nitrogens with one attached hydrogen (secondary N) is 1. The zero-order valence-electron chi connectivity index (χ0n) is 14.8. The van der Waals surface area contributed by atoms with Gasteiger partial charge in [0.15, 0.2) is 11.5 Å². The number of nitrogens with zero attached hydrogens (tertiary/aromatic N) is 3. The van der Waals surface area contributed by atoms with E-state index in [1.807, 2.05) is 24.3 Å². The lowest BCUT2D eigenvalue weighted by Gasteiger charge is -2.31. The van der Waals surface area contributed by atoms with E-state index in [0.717, 1.165) is 11.5 Å². The van der Waals surface area contributed by atoms with Gasteiger partial charge in [-0.2, -0.15) is 4.98 Å². The number of carboxylic acids is 1. The largest absolute Gasteiger partial charge is 0.493 e. The minimum atomic E-state index is -0.719. The normalized spacial score (nSPS) is 14.8. The number of ether oxygens (including phenoxy) is 2. The van der Waals surface area contributed by atoms with E-state index < -0.39 is 5.97 Å². The third-order valence-corrected chi connectivity index (χ3v) is 4.45. The fraction of sp³-hybridized carbons (Fsp3) is 0.389. The highest BCUT2D eigenvalue weighted by molar-refractivity contribution is 5.70. The molecule has 1 aromatic carbocycles. The fourth-order valence-electron chi connectivity index (χ4n) is 2.98. The number of piperidine rings is 1. The summed E-state index contributed by atoms with van der Waals surface area (Å²) >= 11 is 0. The molecule has 1 aliphatic rings. The smallest absolute Gasteiger partial charge is 0.306 e. The summed E-state index contributed by atoms with van der Waals surface area (Å²) in [7, 11) is 3.17. The molecule has 0 spiro atoms. The Morgan fingerprint density at radius 3 is 2.58 bits per heavy atom. The summed E-state index contributed by atoms with van der Waals surface area (Å²) in [5.41, 5.74) is 0.782. The number of methoxy groups -OCH3 is 2. The molecule has 8 nitrogen and oxygen atoms in total. The van der Waals surface area contributed by atoms with Gasteiger partial charge in [0.1, 0.15) is 5.82 Å². The Hall–Kier alpha value is -3.03. The van der Waals surface area contributed by atoms with Crippen LogP contribution in [0.4, 0.5) is 17.5 Å². The van der Waals surface area contributed by atoms with Gasteiger partial charge >= 0.3 is 5.97 Å². The topological polar surface area (TPSA) is 96.8 Å². The van der Waals surface area contributed by atoms with Crippen molar-refractivity contribution in [3.63, 3.8) is 0 Å². The van der Waals surface area contributed by atoms with Crippen molar-refractivity contribution in [2.24, 2.45) is 5.92 Å². The molecule has 0 unspecified atom stereocenters. The van der Waals surface area contributed by atoms with Crippen molar-refractivity contribution in [1.29, 1.82) is 0 Å². The number of aliphatic carboxylic acids is 1. The minimum Gasteiger partial charge on any atom is -0.493 e. The Balaban J connectivity index is 1.71. The van der Waals surface area contributed by atoms with E-state index >= 15 is 0 Å². The molecule has 26 heavy (non-hydrogen) atoms. The van der Waals surface area contributed by atoms with Crippen LogP contribution in [0.1, 0.15) is 12.8 Å². The maximum absolute atomic E-state index is 11.1.